The molecule has 144 valence electrons. The van der Waals surface area contributed by atoms with Gasteiger partial charge in [-0.1, -0.05) is 30.3 Å². The molecule has 1 aromatic carbocycles. The molecule has 1 saturated heterocycles. The third-order valence-corrected chi connectivity index (χ3v) is 4.32. The van der Waals surface area contributed by atoms with E-state index in [1.165, 1.54) is 0 Å². The number of nitrogens with one attached hydrogen (secondary N) is 2. The largest absolute Gasteiger partial charge is 0.379 e. The van der Waals surface area contributed by atoms with Crippen molar-refractivity contribution < 1.29 is 9.53 Å². The van der Waals surface area contributed by atoms with Crippen LogP contribution < -0.4 is 15.5 Å². The Morgan fingerprint density at radius 1 is 1.30 bits per heavy atom. The van der Waals surface area contributed by atoms with Gasteiger partial charge in [-0.25, -0.2) is 4.98 Å². The van der Waals surface area contributed by atoms with Crippen molar-refractivity contribution in [1.82, 2.24) is 15.3 Å². The lowest BCUT2D eigenvalue weighted by molar-refractivity contribution is -0.123. The summed E-state index contributed by atoms with van der Waals surface area (Å²) in [5.74, 6) is 1.30. The molecule has 1 atom stereocenters. The summed E-state index contributed by atoms with van der Waals surface area (Å²) in [6, 6.07) is 11.2. The molecule has 7 nitrogen and oxygen atoms in total. The van der Waals surface area contributed by atoms with Crippen molar-refractivity contribution >= 4 is 17.7 Å². The molecule has 2 aromatic rings. The third-order valence-electron chi connectivity index (χ3n) is 4.32. The van der Waals surface area contributed by atoms with Crippen molar-refractivity contribution in [2.24, 2.45) is 0 Å². The highest BCUT2D eigenvalue weighted by Gasteiger charge is 2.32. The molecular weight excluding hydrogens is 342 g/mol. The SMILES string of the molecule is CC(C)OCCCNc1nccc(N2CCNC(=O)C2c2ccccc2)n1. The molecule has 1 amide bonds. The highest BCUT2D eigenvalue weighted by molar-refractivity contribution is 5.87. The van der Waals surface area contributed by atoms with E-state index in [-0.39, 0.29) is 18.1 Å². The number of hydrogen-bond acceptors (Lipinski definition) is 6. The molecule has 3 rings (SSSR count). The minimum absolute atomic E-state index is 0.00796. The number of hydrogen-bond donors (Lipinski definition) is 2. The van der Waals surface area contributed by atoms with Crippen molar-refractivity contribution in [3.05, 3.63) is 48.2 Å². The lowest BCUT2D eigenvalue weighted by Crippen LogP contribution is -2.50. The van der Waals surface area contributed by atoms with Crippen LogP contribution in [0.5, 0.6) is 0 Å². The second kappa shape index (κ2) is 9.32. The Hall–Kier alpha value is -2.67. The number of piperazine rings is 1. The van der Waals surface area contributed by atoms with Crippen molar-refractivity contribution in [1.29, 1.82) is 0 Å². The van der Waals surface area contributed by atoms with Crippen molar-refractivity contribution in [3.63, 3.8) is 0 Å². The van der Waals surface area contributed by atoms with Crippen LogP contribution in [0.3, 0.4) is 0 Å². The smallest absolute Gasteiger partial charge is 0.247 e. The normalized spacial score (nSPS) is 17.1. The summed E-state index contributed by atoms with van der Waals surface area (Å²) in [5, 5.41) is 6.18. The molecule has 27 heavy (non-hydrogen) atoms. The zero-order valence-corrected chi connectivity index (χ0v) is 15.9. The van der Waals surface area contributed by atoms with Gasteiger partial charge >= 0.3 is 0 Å². The Morgan fingerprint density at radius 3 is 2.89 bits per heavy atom. The van der Waals surface area contributed by atoms with E-state index in [0.717, 1.165) is 24.3 Å². The zero-order valence-electron chi connectivity index (χ0n) is 15.9. The molecular formula is C20H27N5O2. The van der Waals surface area contributed by atoms with Crippen LogP contribution in [-0.4, -0.2) is 48.2 Å². The van der Waals surface area contributed by atoms with Crippen LogP contribution in [0.15, 0.2) is 42.6 Å². The van der Waals surface area contributed by atoms with Crippen LogP contribution in [0.25, 0.3) is 0 Å². The lowest BCUT2D eigenvalue weighted by atomic mass is 10.0. The Labute approximate surface area is 160 Å². The van der Waals surface area contributed by atoms with E-state index in [1.807, 2.05) is 55.1 Å². The highest BCUT2D eigenvalue weighted by Crippen LogP contribution is 2.28. The molecule has 1 unspecified atom stereocenters. The minimum Gasteiger partial charge on any atom is -0.379 e. The lowest BCUT2D eigenvalue weighted by Gasteiger charge is -2.36. The number of nitrogens with zero attached hydrogens (tertiary/aromatic N) is 3. The fourth-order valence-corrected chi connectivity index (χ4v) is 3.07. The number of carbonyl (C=O) groups is 1. The Kier molecular flexibility index (Phi) is 6.59. The maximum absolute atomic E-state index is 12.5. The van der Waals surface area contributed by atoms with Crippen LogP contribution >= 0.6 is 0 Å². The molecule has 2 heterocycles. The first kappa shape index (κ1) is 19.1. The van der Waals surface area contributed by atoms with E-state index in [1.54, 1.807) is 6.20 Å². The average molecular weight is 369 g/mol. The van der Waals surface area contributed by atoms with E-state index < -0.39 is 0 Å². The van der Waals surface area contributed by atoms with Gasteiger partial charge in [0.05, 0.1) is 6.10 Å². The van der Waals surface area contributed by atoms with Gasteiger partial charge in [0.2, 0.25) is 11.9 Å². The van der Waals surface area contributed by atoms with Gasteiger partial charge < -0.3 is 20.3 Å². The summed E-state index contributed by atoms with van der Waals surface area (Å²) < 4.78 is 5.54. The molecule has 0 bridgehead atoms. The van der Waals surface area contributed by atoms with E-state index >= 15 is 0 Å². The van der Waals surface area contributed by atoms with Crippen molar-refractivity contribution in [2.45, 2.75) is 32.4 Å². The number of amides is 1. The van der Waals surface area contributed by atoms with E-state index in [4.69, 9.17) is 4.74 Å². The number of rotatable bonds is 8. The Morgan fingerprint density at radius 2 is 2.11 bits per heavy atom. The monoisotopic (exact) mass is 369 g/mol. The van der Waals surface area contributed by atoms with Crippen LogP contribution in [0.4, 0.5) is 11.8 Å². The topological polar surface area (TPSA) is 79.4 Å². The molecule has 1 fully saturated rings. The first-order valence-electron chi connectivity index (χ1n) is 9.43. The maximum atomic E-state index is 12.5. The molecule has 2 N–H and O–H groups in total. The maximum Gasteiger partial charge on any atom is 0.247 e. The second-order valence-corrected chi connectivity index (χ2v) is 6.74. The summed E-state index contributed by atoms with van der Waals surface area (Å²) in [6.45, 7) is 6.78. The van der Waals surface area contributed by atoms with Crippen LogP contribution in [0.1, 0.15) is 31.9 Å². The van der Waals surface area contributed by atoms with Gasteiger partial charge in [0.25, 0.3) is 0 Å². The Balaban J connectivity index is 1.69. The first-order chi connectivity index (χ1) is 13.1. The Bertz CT molecular complexity index is 738. The zero-order chi connectivity index (χ0) is 19.1. The molecule has 1 aliphatic rings. The van der Waals surface area contributed by atoms with E-state index in [2.05, 4.69) is 20.6 Å². The molecule has 0 aliphatic carbocycles. The van der Waals surface area contributed by atoms with Gasteiger partial charge in [-0.15, -0.1) is 0 Å². The van der Waals surface area contributed by atoms with Gasteiger partial charge in [-0.05, 0) is 31.9 Å². The van der Waals surface area contributed by atoms with Crippen LogP contribution in [-0.2, 0) is 9.53 Å². The summed E-state index contributed by atoms with van der Waals surface area (Å²) in [7, 11) is 0. The highest BCUT2D eigenvalue weighted by atomic mass is 16.5. The summed E-state index contributed by atoms with van der Waals surface area (Å²) >= 11 is 0. The molecule has 0 spiro atoms. The van der Waals surface area contributed by atoms with Gasteiger partial charge in [0.15, 0.2) is 0 Å². The summed E-state index contributed by atoms with van der Waals surface area (Å²) in [4.78, 5) is 23.5. The summed E-state index contributed by atoms with van der Waals surface area (Å²) in [5.41, 5.74) is 0.952. The number of benzene rings is 1. The standard InChI is InChI=1S/C20H27N5O2/c1-15(2)27-14-6-10-22-20-23-11-9-17(24-20)25-13-12-21-19(26)18(25)16-7-4-3-5-8-16/h3-5,7-9,11,15,18H,6,10,12-14H2,1-2H3,(H,21,26)(H,22,23,24). The third kappa shape index (κ3) is 5.17. The summed E-state index contributed by atoms with van der Waals surface area (Å²) in [6.07, 6.45) is 2.85. The number of ether oxygens (including phenoxy) is 1. The predicted octanol–water partition coefficient (Wildman–Crippen LogP) is 2.38. The van der Waals surface area contributed by atoms with E-state index in [0.29, 0.717) is 25.6 Å². The second-order valence-electron chi connectivity index (χ2n) is 6.74. The number of carbonyl (C=O) groups excluding carboxylic acids is 1. The van der Waals surface area contributed by atoms with Gasteiger partial charge in [-0.2, -0.15) is 4.98 Å². The number of anilines is 2. The van der Waals surface area contributed by atoms with Gasteiger partial charge in [0, 0.05) is 32.4 Å². The van der Waals surface area contributed by atoms with Gasteiger partial charge in [0.1, 0.15) is 11.9 Å². The molecule has 0 radical (unpaired) electrons. The fraction of sp³-hybridized carbons (Fsp3) is 0.450. The van der Waals surface area contributed by atoms with Crippen molar-refractivity contribution in [3.8, 4) is 0 Å². The fourth-order valence-electron chi connectivity index (χ4n) is 3.07. The first-order valence-corrected chi connectivity index (χ1v) is 9.43. The van der Waals surface area contributed by atoms with Crippen LogP contribution in [0.2, 0.25) is 0 Å². The molecule has 1 aromatic heterocycles. The predicted molar refractivity (Wildman–Crippen MR) is 106 cm³/mol. The quantitative estimate of drug-likeness (QED) is 0.696. The molecule has 1 aliphatic heterocycles. The number of aromatic nitrogens is 2. The average Bonchev–Trinajstić information content (AvgIpc) is 2.68. The molecule has 7 heteroatoms. The minimum atomic E-state index is -0.387. The van der Waals surface area contributed by atoms with Crippen LogP contribution in [0, 0.1) is 0 Å². The molecule has 0 saturated carbocycles. The van der Waals surface area contributed by atoms with Crippen molar-refractivity contribution in [2.75, 3.05) is 36.5 Å². The van der Waals surface area contributed by atoms with Gasteiger partial charge in [-0.3, -0.25) is 4.79 Å². The van der Waals surface area contributed by atoms with E-state index in [9.17, 15) is 4.79 Å².